The molecule has 206 valence electrons. The summed E-state index contributed by atoms with van der Waals surface area (Å²) in [6.45, 7) is 2.12. The number of carbonyl (C=O) groups excluding carboxylic acids is 2. The predicted octanol–water partition coefficient (Wildman–Crippen LogP) is 4.78. The number of halogens is 3. The van der Waals surface area contributed by atoms with Crippen molar-refractivity contribution in [3.05, 3.63) is 11.8 Å². The van der Waals surface area contributed by atoms with Gasteiger partial charge in [-0.05, 0) is 88.4 Å². The van der Waals surface area contributed by atoms with Gasteiger partial charge in [-0.2, -0.15) is 18.3 Å². The molecule has 1 saturated heterocycles. The van der Waals surface area contributed by atoms with Crippen LogP contribution in [0.2, 0.25) is 0 Å². The predicted molar refractivity (Wildman–Crippen MR) is 128 cm³/mol. The second-order valence-electron chi connectivity index (χ2n) is 11.6. The Kier molecular flexibility index (Phi) is 7.33. The van der Waals surface area contributed by atoms with Crippen molar-refractivity contribution in [3.8, 4) is 5.88 Å². The minimum atomic E-state index is -4.53. The number of amides is 2. The molecule has 2 heterocycles. The van der Waals surface area contributed by atoms with Crippen LogP contribution < -0.4 is 10.1 Å². The van der Waals surface area contributed by atoms with Gasteiger partial charge in [0.1, 0.15) is 5.56 Å². The quantitative estimate of drug-likeness (QED) is 0.527. The summed E-state index contributed by atoms with van der Waals surface area (Å²) in [5.41, 5.74) is -0.195. The van der Waals surface area contributed by atoms with Crippen LogP contribution in [0, 0.1) is 23.7 Å². The summed E-state index contributed by atoms with van der Waals surface area (Å²) in [6.07, 6.45) is 5.24. The number of ether oxygens (including phenoxy) is 2. The lowest BCUT2D eigenvalue weighted by atomic mass is 9.53. The first-order valence-electron chi connectivity index (χ1n) is 13.6. The van der Waals surface area contributed by atoms with Crippen molar-refractivity contribution in [1.82, 2.24) is 20.0 Å². The summed E-state index contributed by atoms with van der Waals surface area (Å²) in [4.78, 5) is 27.0. The Morgan fingerprint density at radius 1 is 1.11 bits per heavy atom. The third-order valence-electron chi connectivity index (χ3n) is 8.71. The van der Waals surface area contributed by atoms with Crippen LogP contribution in [0.15, 0.2) is 6.20 Å². The van der Waals surface area contributed by atoms with Crippen LogP contribution in [0.25, 0.3) is 0 Å². The molecule has 4 bridgehead atoms. The largest absolute Gasteiger partial charge is 0.468 e. The van der Waals surface area contributed by atoms with Crippen molar-refractivity contribution < 1.29 is 32.2 Å². The number of piperidine rings is 1. The van der Waals surface area contributed by atoms with E-state index in [1.807, 2.05) is 0 Å². The molecule has 4 aliphatic carbocycles. The zero-order chi connectivity index (χ0) is 26.2. The lowest BCUT2D eigenvalue weighted by Gasteiger charge is -2.56. The minimum absolute atomic E-state index is 0.0668. The highest BCUT2D eigenvalue weighted by atomic mass is 19.4. The van der Waals surface area contributed by atoms with Crippen molar-refractivity contribution in [2.24, 2.45) is 23.7 Å². The Morgan fingerprint density at radius 3 is 2.30 bits per heavy atom. The van der Waals surface area contributed by atoms with Gasteiger partial charge in [0.15, 0.2) is 6.61 Å². The van der Waals surface area contributed by atoms with Crippen molar-refractivity contribution >= 4 is 12.0 Å². The standard InChI is InChI=1S/C26H37F3N4O4/c1-2-36-24(35)32-6-3-17(4-7-32)5-8-33-23(37-16-26(27,28)29)21(15-30-33)22(34)31-25-12-18-9-19(13-25)11-20(10-18)14-25/h15,17-20H,2-14,16H2,1H3,(H,31,34). The highest BCUT2D eigenvalue weighted by Crippen LogP contribution is 2.55. The van der Waals surface area contributed by atoms with Gasteiger partial charge in [0.2, 0.25) is 5.88 Å². The van der Waals surface area contributed by atoms with Gasteiger partial charge in [-0.25, -0.2) is 9.48 Å². The van der Waals surface area contributed by atoms with Crippen LogP contribution in [0.3, 0.4) is 0 Å². The first-order chi connectivity index (χ1) is 17.6. The third-order valence-corrected chi connectivity index (χ3v) is 8.71. The monoisotopic (exact) mass is 526 g/mol. The Labute approximate surface area is 215 Å². The van der Waals surface area contributed by atoms with E-state index in [-0.39, 0.29) is 29.0 Å². The molecular weight excluding hydrogens is 489 g/mol. The highest BCUT2D eigenvalue weighted by Gasteiger charge is 2.51. The number of carbonyl (C=O) groups is 2. The zero-order valence-electron chi connectivity index (χ0n) is 21.4. The van der Waals surface area contributed by atoms with Crippen LogP contribution in [0.5, 0.6) is 5.88 Å². The molecule has 11 heteroatoms. The van der Waals surface area contributed by atoms with E-state index in [4.69, 9.17) is 9.47 Å². The molecule has 6 rings (SSSR count). The zero-order valence-corrected chi connectivity index (χ0v) is 21.4. The van der Waals surface area contributed by atoms with Crippen molar-refractivity contribution in [2.45, 2.75) is 83.0 Å². The number of nitrogens with one attached hydrogen (secondary N) is 1. The summed E-state index contributed by atoms with van der Waals surface area (Å²) in [5.74, 6) is 1.66. The average Bonchev–Trinajstić information content (AvgIpc) is 3.23. The first kappa shape index (κ1) is 26.2. The van der Waals surface area contributed by atoms with Gasteiger partial charge in [-0.3, -0.25) is 4.79 Å². The molecule has 0 spiro atoms. The van der Waals surface area contributed by atoms with Crippen LogP contribution >= 0.6 is 0 Å². The van der Waals surface area contributed by atoms with E-state index in [2.05, 4.69) is 10.4 Å². The summed E-state index contributed by atoms with van der Waals surface area (Å²) in [7, 11) is 0. The molecule has 37 heavy (non-hydrogen) atoms. The van der Waals surface area contributed by atoms with E-state index < -0.39 is 18.7 Å². The van der Waals surface area contributed by atoms with Crippen molar-refractivity contribution in [2.75, 3.05) is 26.3 Å². The fraction of sp³-hybridized carbons (Fsp3) is 0.808. The maximum absolute atomic E-state index is 13.4. The van der Waals surface area contributed by atoms with E-state index in [0.29, 0.717) is 50.4 Å². The maximum atomic E-state index is 13.4. The Bertz CT molecular complexity index is 952. The number of rotatable bonds is 8. The van der Waals surface area contributed by atoms with E-state index in [9.17, 15) is 22.8 Å². The first-order valence-corrected chi connectivity index (χ1v) is 13.6. The van der Waals surface area contributed by atoms with E-state index in [1.54, 1.807) is 11.8 Å². The molecule has 0 aromatic carbocycles. The van der Waals surface area contributed by atoms with Gasteiger partial charge < -0.3 is 19.7 Å². The number of hydrogen-bond acceptors (Lipinski definition) is 5. The maximum Gasteiger partial charge on any atom is 0.422 e. The third kappa shape index (κ3) is 6.00. The molecule has 1 aromatic rings. The summed E-state index contributed by atoms with van der Waals surface area (Å²) < 4.78 is 50.7. The number of likely N-dealkylation sites (tertiary alicyclic amines) is 1. The fourth-order valence-electron chi connectivity index (χ4n) is 7.49. The minimum Gasteiger partial charge on any atom is -0.468 e. The normalized spacial score (nSPS) is 29.4. The van der Waals surface area contributed by atoms with E-state index in [0.717, 1.165) is 32.1 Å². The highest BCUT2D eigenvalue weighted by molar-refractivity contribution is 5.96. The van der Waals surface area contributed by atoms with Gasteiger partial charge >= 0.3 is 12.3 Å². The molecule has 2 amide bonds. The Balaban J connectivity index is 1.24. The molecule has 0 atom stereocenters. The van der Waals surface area contributed by atoms with E-state index in [1.165, 1.54) is 30.1 Å². The van der Waals surface area contributed by atoms with Gasteiger partial charge in [-0.1, -0.05) is 0 Å². The molecule has 1 aliphatic heterocycles. The smallest absolute Gasteiger partial charge is 0.422 e. The van der Waals surface area contributed by atoms with Gasteiger partial charge in [-0.15, -0.1) is 0 Å². The van der Waals surface area contributed by atoms with Gasteiger partial charge in [0.25, 0.3) is 5.91 Å². The fourth-order valence-corrected chi connectivity index (χ4v) is 7.49. The topological polar surface area (TPSA) is 85.7 Å². The van der Waals surface area contributed by atoms with Crippen LogP contribution in [-0.2, 0) is 11.3 Å². The average molecular weight is 527 g/mol. The van der Waals surface area contributed by atoms with Crippen LogP contribution in [0.4, 0.5) is 18.0 Å². The van der Waals surface area contributed by atoms with Gasteiger partial charge in [0, 0.05) is 25.2 Å². The lowest BCUT2D eigenvalue weighted by molar-refractivity contribution is -0.154. The Morgan fingerprint density at radius 2 is 1.73 bits per heavy atom. The molecule has 0 unspecified atom stereocenters. The van der Waals surface area contributed by atoms with Crippen molar-refractivity contribution in [1.29, 1.82) is 0 Å². The molecule has 5 fully saturated rings. The summed E-state index contributed by atoms with van der Waals surface area (Å²) in [5, 5.41) is 7.48. The molecule has 5 aliphatic rings. The molecule has 4 saturated carbocycles. The summed E-state index contributed by atoms with van der Waals surface area (Å²) >= 11 is 0. The number of aryl methyl sites for hydroxylation is 1. The molecule has 8 nitrogen and oxygen atoms in total. The van der Waals surface area contributed by atoms with Crippen LogP contribution in [0.1, 0.15) is 75.1 Å². The molecular formula is C26H37F3N4O4. The molecule has 1 N–H and O–H groups in total. The number of hydrogen-bond donors (Lipinski definition) is 1. The van der Waals surface area contributed by atoms with E-state index >= 15 is 0 Å². The SMILES string of the molecule is CCOC(=O)N1CCC(CCn2ncc(C(=O)NC34CC5CC(CC(C5)C3)C4)c2OCC(F)(F)F)CC1. The number of nitrogens with zero attached hydrogens (tertiary/aromatic N) is 3. The second kappa shape index (κ2) is 10.4. The number of aromatic nitrogens is 2. The Hall–Kier alpha value is -2.46. The molecule has 1 aromatic heterocycles. The van der Waals surface area contributed by atoms with Crippen molar-refractivity contribution in [3.63, 3.8) is 0 Å². The second-order valence-corrected chi connectivity index (χ2v) is 11.6. The lowest BCUT2D eigenvalue weighted by Crippen LogP contribution is -2.59. The summed E-state index contributed by atoms with van der Waals surface area (Å²) in [6, 6.07) is 0. The van der Waals surface area contributed by atoms with Gasteiger partial charge in [0.05, 0.1) is 12.8 Å². The molecule has 0 radical (unpaired) electrons. The van der Waals surface area contributed by atoms with Crippen LogP contribution in [-0.4, -0.2) is 64.7 Å². The number of alkyl halides is 3.